The van der Waals surface area contributed by atoms with E-state index in [1.54, 1.807) is 11.8 Å². The number of rotatable bonds is 6. The molecule has 0 amide bonds. The molecule has 0 unspecified atom stereocenters. The van der Waals surface area contributed by atoms with Crippen LogP contribution in [0.2, 0.25) is 0 Å². The van der Waals surface area contributed by atoms with Gasteiger partial charge in [0.15, 0.2) is 0 Å². The lowest BCUT2D eigenvalue weighted by Crippen LogP contribution is -2.05. The summed E-state index contributed by atoms with van der Waals surface area (Å²) in [5, 5.41) is 0. The molecule has 0 aliphatic heterocycles. The summed E-state index contributed by atoms with van der Waals surface area (Å²) >= 11 is 1.81. The van der Waals surface area contributed by atoms with Gasteiger partial charge in [-0.1, -0.05) is 35.9 Å². The van der Waals surface area contributed by atoms with Crippen LogP contribution in [-0.2, 0) is 6.54 Å². The van der Waals surface area contributed by atoms with Crippen LogP contribution in [0.25, 0.3) is 0 Å². The number of aryl methyl sites for hydroxylation is 1. The van der Waals surface area contributed by atoms with E-state index in [0.717, 1.165) is 17.1 Å². The Balaban J connectivity index is 1.79. The molecule has 0 spiro atoms. The number of benzene rings is 2. The van der Waals surface area contributed by atoms with Crippen molar-refractivity contribution in [1.29, 1.82) is 0 Å². The molecule has 0 heterocycles. The fourth-order valence-corrected chi connectivity index (χ4v) is 2.49. The van der Waals surface area contributed by atoms with E-state index in [2.05, 4.69) is 31.2 Å². The van der Waals surface area contributed by atoms with Gasteiger partial charge in [0.1, 0.15) is 5.75 Å². The highest BCUT2D eigenvalue weighted by Gasteiger charge is 2.00. The van der Waals surface area contributed by atoms with Crippen molar-refractivity contribution in [1.82, 2.24) is 0 Å². The van der Waals surface area contributed by atoms with Gasteiger partial charge in [-0.05, 0) is 25.1 Å². The quantitative estimate of drug-likeness (QED) is 0.645. The van der Waals surface area contributed by atoms with Crippen molar-refractivity contribution in [3.8, 4) is 5.75 Å². The van der Waals surface area contributed by atoms with Crippen LogP contribution in [0.1, 0.15) is 11.1 Å². The van der Waals surface area contributed by atoms with Gasteiger partial charge in [0.2, 0.25) is 0 Å². The van der Waals surface area contributed by atoms with Gasteiger partial charge < -0.3 is 10.5 Å². The summed E-state index contributed by atoms with van der Waals surface area (Å²) in [6.45, 7) is 3.30. The third kappa shape index (κ3) is 4.30. The zero-order chi connectivity index (χ0) is 13.5. The number of ether oxygens (including phenoxy) is 1. The second-order valence-electron chi connectivity index (χ2n) is 4.32. The molecule has 0 saturated carbocycles. The van der Waals surface area contributed by atoms with Gasteiger partial charge in [-0.15, -0.1) is 11.8 Å². The van der Waals surface area contributed by atoms with Gasteiger partial charge in [0, 0.05) is 22.8 Å². The third-order valence-electron chi connectivity index (χ3n) is 2.82. The van der Waals surface area contributed by atoms with Crippen molar-refractivity contribution in [2.75, 3.05) is 12.4 Å². The van der Waals surface area contributed by atoms with Gasteiger partial charge in [0.25, 0.3) is 0 Å². The Morgan fingerprint density at radius 2 is 1.79 bits per heavy atom. The Morgan fingerprint density at radius 1 is 1.05 bits per heavy atom. The molecule has 100 valence electrons. The predicted octanol–water partition coefficient (Wildman–Crippen LogP) is 3.62. The van der Waals surface area contributed by atoms with Crippen LogP contribution in [0.15, 0.2) is 53.4 Å². The molecule has 2 nitrogen and oxygen atoms in total. The maximum Gasteiger partial charge on any atom is 0.123 e. The van der Waals surface area contributed by atoms with E-state index in [1.807, 2.05) is 24.3 Å². The van der Waals surface area contributed by atoms with Crippen molar-refractivity contribution in [3.63, 3.8) is 0 Å². The molecular weight excluding hydrogens is 254 g/mol. The molecule has 2 N–H and O–H groups in total. The monoisotopic (exact) mass is 273 g/mol. The maximum atomic E-state index is 5.77. The number of para-hydroxylation sites is 1. The minimum Gasteiger partial charge on any atom is -0.492 e. The second kappa shape index (κ2) is 7.22. The summed E-state index contributed by atoms with van der Waals surface area (Å²) < 4.78 is 5.77. The standard InChI is InChI=1S/C16H19NOS/c1-13-6-8-15(9-7-13)19-11-10-18-16-5-3-2-4-14(16)12-17/h2-9H,10-12,17H2,1H3. The van der Waals surface area contributed by atoms with Crippen LogP contribution in [0.3, 0.4) is 0 Å². The summed E-state index contributed by atoms with van der Waals surface area (Å²) in [6, 6.07) is 16.5. The average Bonchev–Trinajstić information content (AvgIpc) is 2.46. The first-order valence-corrected chi connectivity index (χ1v) is 7.38. The van der Waals surface area contributed by atoms with E-state index in [0.29, 0.717) is 13.2 Å². The van der Waals surface area contributed by atoms with Crippen molar-refractivity contribution >= 4 is 11.8 Å². The summed E-state index contributed by atoms with van der Waals surface area (Å²) in [6.07, 6.45) is 0. The predicted molar refractivity (Wildman–Crippen MR) is 81.7 cm³/mol. The summed E-state index contributed by atoms with van der Waals surface area (Å²) in [5.41, 5.74) is 8.02. The SMILES string of the molecule is Cc1ccc(SCCOc2ccccc2CN)cc1. The topological polar surface area (TPSA) is 35.2 Å². The Labute approximate surface area is 119 Å². The summed E-state index contributed by atoms with van der Waals surface area (Å²) in [5.74, 6) is 1.83. The van der Waals surface area contributed by atoms with Crippen molar-refractivity contribution < 1.29 is 4.74 Å². The first kappa shape index (κ1) is 14.0. The Morgan fingerprint density at radius 3 is 2.53 bits per heavy atom. The second-order valence-corrected chi connectivity index (χ2v) is 5.49. The lowest BCUT2D eigenvalue weighted by atomic mass is 10.2. The first-order valence-electron chi connectivity index (χ1n) is 6.40. The maximum absolute atomic E-state index is 5.77. The largest absolute Gasteiger partial charge is 0.492 e. The lowest BCUT2D eigenvalue weighted by molar-refractivity contribution is 0.340. The van der Waals surface area contributed by atoms with Crippen molar-refractivity contribution in [3.05, 3.63) is 59.7 Å². The number of hydrogen-bond donors (Lipinski definition) is 1. The molecule has 0 radical (unpaired) electrons. The molecule has 19 heavy (non-hydrogen) atoms. The van der Waals surface area contributed by atoms with Crippen LogP contribution in [0.4, 0.5) is 0 Å². The molecule has 0 aliphatic rings. The highest BCUT2D eigenvalue weighted by Crippen LogP contribution is 2.20. The van der Waals surface area contributed by atoms with Crippen LogP contribution >= 0.6 is 11.8 Å². The average molecular weight is 273 g/mol. The van der Waals surface area contributed by atoms with Crippen molar-refractivity contribution in [2.24, 2.45) is 5.73 Å². The van der Waals surface area contributed by atoms with E-state index in [1.165, 1.54) is 10.5 Å². The third-order valence-corrected chi connectivity index (χ3v) is 3.80. The minimum absolute atomic E-state index is 0.515. The number of hydrogen-bond acceptors (Lipinski definition) is 3. The zero-order valence-corrected chi connectivity index (χ0v) is 12.0. The molecule has 2 aromatic rings. The highest BCUT2D eigenvalue weighted by atomic mass is 32.2. The van der Waals surface area contributed by atoms with Crippen LogP contribution in [0, 0.1) is 6.92 Å². The smallest absolute Gasteiger partial charge is 0.123 e. The zero-order valence-electron chi connectivity index (χ0n) is 11.1. The molecule has 0 bridgehead atoms. The fourth-order valence-electron chi connectivity index (χ4n) is 1.76. The van der Waals surface area contributed by atoms with Gasteiger partial charge in [-0.2, -0.15) is 0 Å². The van der Waals surface area contributed by atoms with E-state index >= 15 is 0 Å². The van der Waals surface area contributed by atoms with Crippen molar-refractivity contribution in [2.45, 2.75) is 18.4 Å². The molecule has 0 aliphatic carbocycles. The Bertz CT molecular complexity index is 510. The first-order chi connectivity index (χ1) is 9.29. The summed E-state index contributed by atoms with van der Waals surface area (Å²) in [4.78, 5) is 1.28. The van der Waals surface area contributed by atoms with E-state index in [4.69, 9.17) is 10.5 Å². The lowest BCUT2D eigenvalue weighted by Gasteiger charge is -2.09. The molecule has 2 aromatic carbocycles. The highest BCUT2D eigenvalue weighted by molar-refractivity contribution is 7.99. The normalized spacial score (nSPS) is 10.4. The van der Waals surface area contributed by atoms with Gasteiger partial charge >= 0.3 is 0 Å². The molecule has 0 aromatic heterocycles. The number of nitrogens with two attached hydrogens (primary N) is 1. The van der Waals surface area contributed by atoms with Crippen LogP contribution < -0.4 is 10.5 Å². The fraction of sp³-hybridized carbons (Fsp3) is 0.250. The van der Waals surface area contributed by atoms with Crippen LogP contribution in [-0.4, -0.2) is 12.4 Å². The molecule has 0 fully saturated rings. The van der Waals surface area contributed by atoms with Gasteiger partial charge in [-0.3, -0.25) is 0 Å². The van der Waals surface area contributed by atoms with Gasteiger partial charge in [0.05, 0.1) is 6.61 Å². The Kier molecular flexibility index (Phi) is 5.31. The minimum atomic E-state index is 0.515. The van der Waals surface area contributed by atoms with E-state index in [9.17, 15) is 0 Å². The van der Waals surface area contributed by atoms with Gasteiger partial charge in [-0.25, -0.2) is 0 Å². The molecule has 3 heteroatoms. The molecule has 0 atom stereocenters. The van der Waals surface area contributed by atoms with Crippen LogP contribution in [0.5, 0.6) is 5.75 Å². The number of thioether (sulfide) groups is 1. The molecular formula is C16H19NOS. The van der Waals surface area contributed by atoms with E-state index < -0.39 is 0 Å². The molecule has 2 rings (SSSR count). The molecule has 0 saturated heterocycles. The van der Waals surface area contributed by atoms with E-state index in [-0.39, 0.29) is 0 Å². The summed E-state index contributed by atoms with van der Waals surface area (Å²) in [7, 11) is 0. The Hall–Kier alpha value is -1.45.